The summed E-state index contributed by atoms with van der Waals surface area (Å²) in [4.78, 5) is 16.2. The Kier molecular flexibility index (Phi) is 4.65. The molecule has 2 rings (SSSR count). The molecule has 0 bridgehead atoms. The molecule has 0 aliphatic carbocycles. The fourth-order valence-corrected chi connectivity index (χ4v) is 1.75. The third-order valence-corrected chi connectivity index (χ3v) is 2.75. The van der Waals surface area contributed by atoms with Gasteiger partial charge in [-0.25, -0.2) is 4.39 Å². The predicted molar refractivity (Wildman–Crippen MR) is 77.4 cm³/mol. The second kappa shape index (κ2) is 6.65. The number of para-hydroxylation sites is 1. The monoisotopic (exact) mass is 273 g/mol. The van der Waals surface area contributed by atoms with E-state index in [1.54, 1.807) is 24.4 Å². The van der Waals surface area contributed by atoms with E-state index in [1.165, 1.54) is 18.3 Å². The Morgan fingerprint density at radius 2 is 2.05 bits per heavy atom. The Hall–Kier alpha value is -2.43. The molecule has 0 aliphatic heterocycles. The molecule has 0 saturated heterocycles. The number of carbonyl (C=O) groups excluding carboxylic acids is 1. The molecule has 0 unspecified atom stereocenters. The molecule has 2 aromatic rings. The first-order chi connectivity index (χ1) is 9.72. The number of aromatic nitrogens is 1. The van der Waals surface area contributed by atoms with Gasteiger partial charge >= 0.3 is 0 Å². The largest absolute Gasteiger partial charge is 0.383 e. The van der Waals surface area contributed by atoms with Crippen LogP contribution in [-0.4, -0.2) is 17.4 Å². The van der Waals surface area contributed by atoms with E-state index in [0.717, 1.165) is 13.0 Å². The van der Waals surface area contributed by atoms with E-state index < -0.39 is 5.82 Å². The predicted octanol–water partition coefficient (Wildman–Crippen LogP) is 3.29. The maximum absolute atomic E-state index is 13.5. The zero-order valence-corrected chi connectivity index (χ0v) is 11.2. The number of carbonyl (C=O) groups is 1. The molecule has 0 fully saturated rings. The summed E-state index contributed by atoms with van der Waals surface area (Å²) >= 11 is 0. The highest BCUT2D eigenvalue weighted by Crippen LogP contribution is 2.18. The third-order valence-electron chi connectivity index (χ3n) is 2.75. The van der Waals surface area contributed by atoms with Gasteiger partial charge in [-0.05, 0) is 24.6 Å². The summed E-state index contributed by atoms with van der Waals surface area (Å²) in [6, 6.07) is 7.67. The number of pyridine rings is 1. The van der Waals surface area contributed by atoms with Gasteiger partial charge in [-0.1, -0.05) is 19.1 Å². The average Bonchev–Trinajstić information content (AvgIpc) is 2.47. The van der Waals surface area contributed by atoms with Crippen LogP contribution in [0.4, 0.5) is 15.8 Å². The first-order valence-electron chi connectivity index (χ1n) is 6.46. The minimum Gasteiger partial charge on any atom is -0.383 e. The zero-order valence-electron chi connectivity index (χ0n) is 11.2. The second-order valence-corrected chi connectivity index (χ2v) is 4.28. The van der Waals surface area contributed by atoms with Crippen LogP contribution in [0.5, 0.6) is 0 Å². The number of hydrogen-bond donors (Lipinski definition) is 2. The molecule has 4 nitrogen and oxygen atoms in total. The van der Waals surface area contributed by atoms with Gasteiger partial charge < -0.3 is 10.6 Å². The number of nitrogens with one attached hydrogen (secondary N) is 2. The molecule has 1 aromatic carbocycles. The lowest BCUT2D eigenvalue weighted by Gasteiger charge is -2.11. The fraction of sp³-hybridized carbons (Fsp3) is 0.200. The molecule has 1 amide bonds. The van der Waals surface area contributed by atoms with Crippen LogP contribution in [0.2, 0.25) is 0 Å². The van der Waals surface area contributed by atoms with Gasteiger partial charge in [0.2, 0.25) is 0 Å². The number of halogens is 1. The molecular weight excluding hydrogens is 257 g/mol. The Bertz CT molecular complexity index is 601. The van der Waals surface area contributed by atoms with Crippen LogP contribution in [0, 0.1) is 5.82 Å². The van der Waals surface area contributed by atoms with Crippen molar-refractivity contribution in [2.24, 2.45) is 0 Å². The van der Waals surface area contributed by atoms with Crippen LogP contribution < -0.4 is 10.6 Å². The highest BCUT2D eigenvalue weighted by Gasteiger charge is 2.12. The number of nitrogens with zero attached hydrogens (tertiary/aromatic N) is 1. The number of anilines is 2. The SMILES string of the molecule is CCCNc1cnccc1C(=O)Nc1ccccc1F. The van der Waals surface area contributed by atoms with E-state index in [9.17, 15) is 9.18 Å². The maximum Gasteiger partial charge on any atom is 0.257 e. The van der Waals surface area contributed by atoms with Crippen molar-refractivity contribution < 1.29 is 9.18 Å². The highest BCUT2D eigenvalue weighted by molar-refractivity contribution is 6.07. The minimum atomic E-state index is -0.460. The minimum absolute atomic E-state index is 0.163. The highest BCUT2D eigenvalue weighted by atomic mass is 19.1. The van der Waals surface area contributed by atoms with Crippen LogP contribution >= 0.6 is 0 Å². The Morgan fingerprint density at radius 1 is 1.25 bits per heavy atom. The normalized spacial score (nSPS) is 10.1. The summed E-state index contributed by atoms with van der Waals surface area (Å²) < 4.78 is 13.5. The summed E-state index contributed by atoms with van der Waals surface area (Å²) in [5.74, 6) is -0.825. The van der Waals surface area contributed by atoms with Gasteiger partial charge in [0.1, 0.15) is 5.82 Å². The molecule has 5 heteroatoms. The molecule has 1 aromatic heterocycles. The quantitative estimate of drug-likeness (QED) is 0.879. The first kappa shape index (κ1) is 14.0. The fourth-order valence-electron chi connectivity index (χ4n) is 1.75. The van der Waals surface area contributed by atoms with Crippen molar-refractivity contribution in [1.82, 2.24) is 4.98 Å². The molecule has 104 valence electrons. The van der Waals surface area contributed by atoms with E-state index in [1.807, 2.05) is 6.92 Å². The van der Waals surface area contributed by atoms with Crippen molar-refractivity contribution in [2.45, 2.75) is 13.3 Å². The number of amides is 1. The topological polar surface area (TPSA) is 54.0 Å². The van der Waals surface area contributed by atoms with Crippen molar-refractivity contribution >= 4 is 17.3 Å². The molecule has 0 atom stereocenters. The lowest BCUT2D eigenvalue weighted by atomic mass is 10.2. The van der Waals surface area contributed by atoms with Gasteiger partial charge in [-0.2, -0.15) is 0 Å². The third kappa shape index (κ3) is 3.32. The van der Waals surface area contributed by atoms with Crippen LogP contribution in [-0.2, 0) is 0 Å². The zero-order chi connectivity index (χ0) is 14.4. The summed E-state index contributed by atoms with van der Waals surface area (Å²) in [5.41, 5.74) is 1.25. The number of hydrogen-bond acceptors (Lipinski definition) is 3. The van der Waals surface area contributed by atoms with Crippen LogP contribution in [0.3, 0.4) is 0 Å². The Morgan fingerprint density at radius 3 is 2.80 bits per heavy atom. The van der Waals surface area contributed by atoms with Crippen molar-refractivity contribution in [3.8, 4) is 0 Å². The summed E-state index contributed by atoms with van der Waals surface area (Å²) in [5, 5.41) is 5.69. The smallest absolute Gasteiger partial charge is 0.257 e. The molecule has 1 heterocycles. The standard InChI is InChI=1S/C15H16FN3O/c1-2-8-18-14-10-17-9-7-11(14)15(20)19-13-6-4-3-5-12(13)16/h3-7,9-10,18H,2,8H2,1H3,(H,19,20). The Balaban J connectivity index is 2.19. The van der Waals surface area contributed by atoms with Crippen molar-refractivity contribution in [1.29, 1.82) is 0 Å². The summed E-state index contributed by atoms with van der Waals surface area (Å²) in [6.07, 6.45) is 4.06. The summed E-state index contributed by atoms with van der Waals surface area (Å²) in [7, 11) is 0. The van der Waals surface area contributed by atoms with Crippen molar-refractivity contribution in [3.63, 3.8) is 0 Å². The van der Waals surface area contributed by atoms with E-state index >= 15 is 0 Å². The first-order valence-corrected chi connectivity index (χ1v) is 6.46. The molecule has 20 heavy (non-hydrogen) atoms. The van der Waals surface area contributed by atoms with E-state index in [-0.39, 0.29) is 11.6 Å². The maximum atomic E-state index is 13.5. The van der Waals surface area contributed by atoms with E-state index in [2.05, 4.69) is 15.6 Å². The molecule has 2 N–H and O–H groups in total. The molecule has 0 saturated carbocycles. The second-order valence-electron chi connectivity index (χ2n) is 4.28. The van der Waals surface area contributed by atoms with Gasteiger partial charge in [0.15, 0.2) is 0 Å². The number of benzene rings is 1. The average molecular weight is 273 g/mol. The lowest BCUT2D eigenvalue weighted by molar-refractivity contribution is 0.102. The van der Waals surface area contributed by atoms with Crippen LogP contribution in [0.1, 0.15) is 23.7 Å². The van der Waals surface area contributed by atoms with Crippen LogP contribution in [0.15, 0.2) is 42.7 Å². The van der Waals surface area contributed by atoms with Gasteiger partial charge in [0, 0.05) is 12.7 Å². The molecular formula is C15H16FN3O. The van der Waals surface area contributed by atoms with Gasteiger partial charge in [0.05, 0.1) is 23.1 Å². The van der Waals surface area contributed by atoms with Gasteiger partial charge in [-0.3, -0.25) is 9.78 Å². The lowest BCUT2D eigenvalue weighted by Crippen LogP contribution is -2.16. The van der Waals surface area contributed by atoms with Gasteiger partial charge in [-0.15, -0.1) is 0 Å². The van der Waals surface area contributed by atoms with E-state index in [4.69, 9.17) is 0 Å². The van der Waals surface area contributed by atoms with Crippen LogP contribution in [0.25, 0.3) is 0 Å². The number of rotatable bonds is 5. The molecule has 0 radical (unpaired) electrons. The van der Waals surface area contributed by atoms with Gasteiger partial charge in [0.25, 0.3) is 5.91 Å². The molecule has 0 aliphatic rings. The van der Waals surface area contributed by atoms with Crippen molar-refractivity contribution in [2.75, 3.05) is 17.2 Å². The Labute approximate surface area is 117 Å². The van der Waals surface area contributed by atoms with E-state index in [0.29, 0.717) is 11.3 Å². The van der Waals surface area contributed by atoms with Crippen molar-refractivity contribution in [3.05, 3.63) is 54.1 Å². The summed E-state index contributed by atoms with van der Waals surface area (Å²) in [6.45, 7) is 2.77. The molecule has 0 spiro atoms.